The number of hydrogen-bond acceptors (Lipinski definition) is 5. The molecule has 1 heterocycles. The molecule has 4 atom stereocenters. The van der Waals surface area contributed by atoms with Gasteiger partial charge < -0.3 is 15.2 Å². The molecule has 2 aliphatic rings. The Labute approximate surface area is 137 Å². The third-order valence-corrected chi connectivity index (χ3v) is 5.27. The number of nitrogens with one attached hydrogen (secondary N) is 1. The Kier molecular flexibility index (Phi) is 4.21. The van der Waals surface area contributed by atoms with E-state index < -0.39 is 23.8 Å². The summed E-state index contributed by atoms with van der Waals surface area (Å²) in [5.41, 5.74) is 0.302. The third kappa shape index (κ3) is 2.76. The molecular weight excluding hydrogens is 318 g/mol. The van der Waals surface area contributed by atoms with E-state index in [9.17, 15) is 19.5 Å². The summed E-state index contributed by atoms with van der Waals surface area (Å²) in [5.74, 6) is -3.21. The van der Waals surface area contributed by atoms with Crippen LogP contribution in [0.25, 0.3) is 0 Å². The number of ether oxygens (including phenoxy) is 1. The molecule has 2 bridgehead atoms. The molecule has 0 aliphatic heterocycles. The summed E-state index contributed by atoms with van der Waals surface area (Å²) in [6.07, 6.45) is 4.52. The molecule has 1 amide bonds. The van der Waals surface area contributed by atoms with Crippen molar-refractivity contribution in [3.63, 3.8) is 0 Å². The Hall–Kier alpha value is -2.15. The van der Waals surface area contributed by atoms with Gasteiger partial charge in [-0.2, -0.15) is 0 Å². The number of carbonyl (C=O) groups is 3. The predicted octanol–water partition coefficient (Wildman–Crippen LogP) is 2.39. The van der Waals surface area contributed by atoms with E-state index in [-0.39, 0.29) is 24.3 Å². The van der Waals surface area contributed by atoms with Crippen molar-refractivity contribution in [1.29, 1.82) is 0 Å². The Balaban J connectivity index is 1.78. The molecule has 3 rings (SSSR count). The number of amides is 1. The van der Waals surface area contributed by atoms with Gasteiger partial charge in [0.2, 0.25) is 5.91 Å². The maximum atomic E-state index is 12.6. The largest absolute Gasteiger partial charge is 0.481 e. The van der Waals surface area contributed by atoms with Gasteiger partial charge in [0, 0.05) is 0 Å². The van der Waals surface area contributed by atoms with Crippen LogP contribution in [0.15, 0.2) is 23.6 Å². The molecule has 122 valence electrons. The highest BCUT2D eigenvalue weighted by Crippen LogP contribution is 2.48. The third-order valence-electron chi connectivity index (χ3n) is 4.44. The van der Waals surface area contributed by atoms with E-state index in [2.05, 4.69) is 5.32 Å². The van der Waals surface area contributed by atoms with Crippen molar-refractivity contribution in [2.75, 3.05) is 11.9 Å². The van der Waals surface area contributed by atoms with E-state index in [0.29, 0.717) is 17.0 Å². The molecule has 1 aromatic rings. The Morgan fingerprint density at radius 2 is 2.00 bits per heavy atom. The Morgan fingerprint density at radius 3 is 2.65 bits per heavy atom. The lowest BCUT2D eigenvalue weighted by atomic mass is 9.82. The van der Waals surface area contributed by atoms with Crippen LogP contribution in [0.3, 0.4) is 0 Å². The van der Waals surface area contributed by atoms with Crippen LogP contribution >= 0.6 is 11.3 Å². The summed E-state index contributed by atoms with van der Waals surface area (Å²) in [5, 5.41) is 14.2. The average Bonchev–Trinajstić information content (AvgIpc) is 3.21. The van der Waals surface area contributed by atoms with Crippen LogP contribution in [0.2, 0.25) is 0 Å². The van der Waals surface area contributed by atoms with Gasteiger partial charge in [-0.05, 0) is 36.6 Å². The summed E-state index contributed by atoms with van der Waals surface area (Å²) >= 11 is 1.22. The first-order valence-corrected chi connectivity index (χ1v) is 8.37. The molecule has 1 aromatic heterocycles. The van der Waals surface area contributed by atoms with Crippen LogP contribution in [0.4, 0.5) is 5.00 Å². The van der Waals surface area contributed by atoms with Crippen LogP contribution in [-0.4, -0.2) is 29.6 Å². The van der Waals surface area contributed by atoms with Crippen LogP contribution < -0.4 is 5.32 Å². The van der Waals surface area contributed by atoms with Crippen LogP contribution in [-0.2, 0) is 14.3 Å². The SMILES string of the molecule is CCOC(=O)c1ccsc1NC(=O)[C@H]1[C@@H](C(=O)O)[C@@H]2C=C[C@@H]1C2. The summed E-state index contributed by atoms with van der Waals surface area (Å²) < 4.78 is 4.95. The monoisotopic (exact) mass is 335 g/mol. The van der Waals surface area contributed by atoms with Crippen molar-refractivity contribution in [2.24, 2.45) is 23.7 Å². The lowest BCUT2D eigenvalue weighted by molar-refractivity contribution is -0.146. The standard InChI is InChI=1S/C16H17NO5S/c1-2-22-16(21)10-5-6-23-14(10)17-13(18)11-8-3-4-9(7-8)12(11)15(19)20/h3-6,8-9,11-12H,2,7H2,1H3,(H,17,18)(H,19,20)/t8-,9-,11-,12+/m1/s1. The zero-order valence-electron chi connectivity index (χ0n) is 12.5. The Bertz CT molecular complexity index is 680. The molecule has 0 aromatic carbocycles. The predicted molar refractivity (Wildman–Crippen MR) is 84.3 cm³/mol. The molecule has 23 heavy (non-hydrogen) atoms. The van der Waals surface area contributed by atoms with Gasteiger partial charge >= 0.3 is 11.9 Å². The Morgan fingerprint density at radius 1 is 1.30 bits per heavy atom. The number of esters is 1. The molecule has 0 spiro atoms. The fourth-order valence-electron chi connectivity index (χ4n) is 3.49. The molecule has 2 N–H and O–H groups in total. The van der Waals surface area contributed by atoms with Gasteiger partial charge in [0.1, 0.15) is 5.00 Å². The normalized spacial score (nSPS) is 27.9. The highest BCUT2D eigenvalue weighted by Gasteiger charge is 2.51. The zero-order chi connectivity index (χ0) is 16.6. The van der Waals surface area contributed by atoms with E-state index in [4.69, 9.17) is 4.74 Å². The fraction of sp³-hybridized carbons (Fsp3) is 0.438. The highest BCUT2D eigenvalue weighted by atomic mass is 32.1. The van der Waals surface area contributed by atoms with Gasteiger partial charge in [-0.25, -0.2) is 4.79 Å². The smallest absolute Gasteiger partial charge is 0.341 e. The molecule has 2 aliphatic carbocycles. The number of aliphatic carboxylic acids is 1. The van der Waals surface area contributed by atoms with Gasteiger partial charge in [0.25, 0.3) is 0 Å². The molecule has 7 heteroatoms. The molecule has 0 unspecified atom stereocenters. The average molecular weight is 335 g/mol. The van der Waals surface area contributed by atoms with Crippen LogP contribution in [0.5, 0.6) is 0 Å². The zero-order valence-corrected chi connectivity index (χ0v) is 13.3. The summed E-state index contributed by atoms with van der Waals surface area (Å²) in [4.78, 5) is 35.9. The lowest BCUT2D eigenvalue weighted by Crippen LogP contribution is -2.36. The van der Waals surface area contributed by atoms with Gasteiger partial charge in [-0.3, -0.25) is 9.59 Å². The number of rotatable bonds is 5. The number of carbonyl (C=O) groups excluding carboxylic acids is 2. The van der Waals surface area contributed by atoms with Crippen LogP contribution in [0.1, 0.15) is 23.7 Å². The van der Waals surface area contributed by atoms with E-state index >= 15 is 0 Å². The van der Waals surface area contributed by atoms with Crippen molar-refractivity contribution in [1.82, 2.24) is 0 Å². The number of anilines is 1. The minimum Gasteiger partial charge on any atom is -0.481 e. The number of carboxylic acid groups (broad SMARTS) is 1. The minimum absolute atomic E-state index is 0.0490. The topological polar surface area (TPSA) is 92.7 Å². The quantitative estimate of drug-likeness (QED) is 0.636. The molecule has 1 saturated carbocycles. The lowest BCUT2D eigenvalue weighted by Gasteiger charge is -2.23. The van der Waals surface area contributed by atoms with Crippen molar-refractivity contribution >= 4 is 34.2 Å². The van der Waals surface area contributed by atoms with E-state index in [0.717, 1.165) is 0 Å². The van der Waals surface area contributed by atoms with Gasteiger partial charge in [0.05, 0.1) is 24.0 Å². The number of fused-ring (bicyclic) bond motifs is 2. The maximum Gasteiger partial charge on any atom is 0.341 e. The van der Waals surface area contributed by atoms with Gasteiger partial charge in [0.15, 0.2) is 0 Å². The van der Waals surface area contributed by atoms with Gasteiger partial charge in [-0.1, -0.05) is 12.2 Å². The number of carboxylic acids is 1. The van der Waals surface area contributed by atoms with E-state index in [1.165, 1.54) is 11.3 Å². The summed E-state index contributed by atoms with van der Waals surface area (Å²) in [6, 6.07) is 1.59. The van der Waals surface area contributed by atoms with Gasteiger partial charge in [-0.15, -0.1) is 11.3 Å². The molecule has 6 nitrogen and oxygen atoms in total. The van der Waals surface area contributed by atoms with E-state index in [1.807, 2.05) is 12.2 Å². The molecular formula is C16H17NO5S. The summed E-state index contributed by atoms with van der Waals surface area (Å²) in [6.45, 7) is 1.96. The minimum atomic E-state index is -0.946. The second-order valence-electron chi connectivity index (χ2n) is 5.71. The second kappa shape index (κ2) is 6.16. The fourth-order valence-corrected chi connectivity index (χ4v) is 4.27. The number of hydrogen-bond donors (Lipinski definition) is 2. The van der Waals surface area contributed by atoms with Crippen molar-refractivity contribution in [2.45, 2.75) is 13.3 Å². The number of thiophene rings is 1. The maximum absolute atomic E-state index is 12.6. The summed E-state index contributed by atoms with van der Waals surface area (Å²) in [7, 11) is 0. The molecule has 0 saturated heterocycles. The van der Waals surface area contributed by atoms with Crippen molar-refractivity contribution in [3.8, 4) is 0 Å². The number of allylic oxidation sites excluding steroid dienone is 2. The first-order chi connectivity index (χ1) is 11.0. The van der Waals surface area contributed by atoms with E-state index in [1.54, 1.807) is 18.4 Å². The first-order valence-electron chi connectivity index (χ1n) is 7.49. The highest BCUT2D eigenvalue weighted by molar-refractivity contribution is 7.14. The molecule has 1 fully saturated rings. The van der Waals surface area contributed by atoms with Crippen LogP contribution in [0, 0.1) is 23.7 Å². The first kappa shape index (κ1) is 15.7. The van der Waals surface area contributed by atoms with Crippen molar-refractivity contribution in [3.05, 3.63) is 29.2 Å². The molecule has 0 radical (unpaired) electrons. The second-order valence-corrected chi connectivity index (χ2v) is 6.63. The van der Waals surface area contributed by atoms with Crippen molar-refractivity contribution < 1.29 is 24.2 Å².